The lowest BCUT2D eigenvalue weighted by Crippen LogP contribution is -2.43. The van der Waals surface area contributed by atoms with Crippen LogP contribution >= 0.6 is 0 Å². The first-order valence-electron chi connectivity index (χ1n) is 7.56. The quantitative estimate of drug-likeness (QED) is 0.811. The molecule has 0 atom stereocenters. The van der Waals surface area contributed by atoms with E-state index in [-0.39, 0.29) is 11.9 Å². The lowest BCUT2D eigenvalue weighted by molar-refractivity contribution is -0.120. The summed E-state index contributed by atoms with van der Waals surface area (Å²) in [5, 5.41) is 3.10. The molecular formula is C16H25N3O. The minimum atomic E-state index is 0.106. The highest BCUT2D eigenvalue weighted by atomic mass is 16.2. The molecule has 1 aromatic rings. The molecule has 1 heterocycles. The molecular weight excluding hydrogens is 250 g/mol. The Kier molecular flexibility index (Phi) is 4.88. The topological polar surface area (TPSA) is 58.4 Å². The van der Waals surface area contributed by atoms with Crippen molar-refractivity contribution in [3.63, 3.8) is 0 Å². The number of anilines is 2. The van der Waals surface area contributed by atoms with Gasteiger partial charge in [-0.1, -0.05) is 19.9 Å². The van der Waals surface area contributed by atoms with Crippen LogP contribution in [-0.4, -0.2) is 25.0 Å². The Labute approximate surface area is 121 Å². The number of aryl methyl sites for hydroxylation is 1. The Balaban J connectivity index is 2.04. The fraction of sp³-hybridized carbons (Fsp3) is 0.562. The second kappa shape index (κ2) is 6.64. The molecule has 0 aliphatic carbocycles. The summed E-state index contributed by atoms with van der Waals surface area (Å²) in [5.41, 5.74) is 9.05. The van der Waals surface area contributed by atoms with Gasteiger partial charge in [0.05, 0.1) is 6.54 Å². The summed E-state index contributed by atoms with van der Waals surface area (Å²) in [5.74, 6) is 0.106. The van der Waals surface area contributed by atoms with E-state index in [4.69, 9.17) is 5.73 Å². The van der Waals surface area contributed by atoms with Crippen molar-refractivity contribution in [3.05, 3.63) is 23.8 Å². The monoisotopic (exact) mass is 275 g/mol. The van der Waals surface area contributed by atoms with Gasteiger partial charge in [0.1, 0.15) is 0 Å². The van der Waals surface area contributed by atoms with Crippen molar-refractivity contribution < 1.29 is 4.79 Å². The Morgan fingerprint density at radius 3 is 2.85 bits per heavy atom. The third kappa shape index (κ3) is 3.44. The van der Waals surface area contributed by atoms with Gasteiger partial charge < -0.3 is 16.0 Å². The van der Waals surface area contributed by atoms with E-state index < -0.39 is 0 Å². The average molecular weight is 275 g/mol. The number of fused-ring (bicyclic) bond motifs is 1. The number of nitrogens with zero attached hydrogens (tertiary/aromatic N) is 1. The van der Waals surface area contributed by atoms with E-state index in [1.54, 1.807) is 0 Å². The number of nitrogen functional groups attached to an aromatic ring is 1. The van der Waals surface area contributed by atoms with Gasteiger partial charge >= 0.3 is 0 Å². The molecule has 1 aliphatic rings. The van der Waals surface area contributed by atoms with Crippen molar-refractivity contribution in [1.29, 1.82) is 0 Å². The highest BCUT2D eigenvalue weighted by Crippen LogP contribution is 2.28. The van der Waals surface area contributed by atoms with Crippen molar-refractivity contribution in [1.82, 2.24) is 5.32 Å². The molecule has 0 aromatic heterocycles. The highest BCUT2D eigenvalue weighted by Gasteiger charge is 2.20. The molecule has 0 bridgehead atoms. The van der Waals surface area contributed by atoms with Gasteiger partial charge in [-0.25, -0.2) is 0 Å². The molecule has 0 spiro atoms. The number of nitrogens with one attached hydrogen (secondary N) is 1. The Morgan fingerprint density at radius 2 is 2.15 bits per heavy atom. The van der Waals surface area contributed by atoms with Gasteiger partial charge in [-0.2, -0.15) is 0 Å². The first-order chi connectivity index (χ1) is 9.63. The van der Waals surface area contributed by atoms with Gasteiger partial charge in [0.25, 0.3) is 0 Å². The average Bonchev–Trinajstić information content (AvgIpc) is 2.45. The summed E-state index contributed by atoms with van der Waals surface area (Å²) in [7, 11) is 0. The molecule has 3 N–H and O–H groups in total. The van der Waals surface area contributed by atoms with Gasteiger partial charge in [-0.3, -0.25) is 4.79 Å². The largest absolute Gasteiger partial charge is 0.399 e. The molecule has 1 aliphatic heterocycles. The summed E-state index contributed by atoms with van der Waals surface area (Å²) >= 11 is 0. The van der Waals surface area contributed by atoms with Crippen molar-refractivity contribution >= 4 is 17.3 Å². The maximum Gasteiger partial charge on any atom is 0.239 e. The number of nitrogens with two attached hydrogens (primary N) is 1. The summed E-state index contributed by atoms with van der Waals surface area (Å²) in [6.07, 6.45) is 4.12. The minimum Gasteiger partial charge on any atom is -0.399 e. The van der Waals surface area contributed by atoms with E-state index in [9.17, 15) is 4.79 Å². The van der Waals surface area contributed by atoms with Crippen molar-refractivity contribution in [3.8, 4) is 0 Å². The zero-order chi connectivity index (χ0) is 14.5. The summed E-state index contributed by atoms with van der Waals surface area (Å²) in [4.78, 5) is 14.3. The fourth-order valence-electron chi connectivity index (χ4n) is 2.77. The first kappa shape index (κ1) is 14.7. The number of amides is 1. The van der Waals surface area contributed by atoms with Crippen molar-refractivity contribution in [2.45, 2.75) is 45.6 Å². The predicted octanol–water partition coefficient (Wildman–Crippen LogP) is 2.33. The third-order valence-corrected chi connectivity index (χ3v) is 4.01. The molecule has 4 heteroatoms. The van der Waals surface area contributed by atoms with Crippen molar-refractivity contribution in [2.75, 3.05) is 23.7 Å². The van der Waals surface area contributed by atoms with E-state index in [0.29, 0.717) is 6.54 Å². The minimum absolute atomic E-state index is 0.106. The summed E-state index contributed by atoms with van der Waals surface area (Å²) in [6.45, 7) is 5.55. The third-order valence-electron chi connectivity index (χ3n) is 4.01. The number of hydrogen-bond acceptors (Lipinski definition) is 3. The van der Waals surface area contributed by atoms with Crippen LogP contribution in [-0.2, 0) is 11.2 Å². The molecule has 1 amide bonds. The van der Waals surface area contributed by atoms with Crippen LogP contribution in [0.2, 0.25) is 0 Å². The molecule has 0 radical (unpaired) electrons. The van der Waals surface area contributed by atoms with Crippen LogP contribution in [0.4, 0.5) is 11.4 Å². The van der Waals surface area contributed by atoms with E-state index in [1.807, 2.05) is 12.1 Å². The molecule has 0 saturated heterocycles. The molecule has 110 valence electrons. The molecule has 0 unspecified atom stereocenters. The van der Waals surface area contributed by atoms with E-state index >= 15 is 0 Å². The van der Waals surface area contributed by atoms with Gasteiger partial charge in [-0.15, -0.1) is 0 Å². The number of benzene rings is 1. The van der Waals surface area contributed by atoms with Crippen LogP contribution in [0.25, 0.3) is 0 Å². The summed E-state index contributed by atoms with van der Waals surface area (Å²) in [6, 6.07) is 6.29. The standard InChI is InChI=1S/C16H25N3O/c1-3-14(4-2)18-16(20)11-19-9-5-6-12-7-8-13(17)10-15(12)19/h7-8,10,14H,3-6,9,11,17H2,1-2H3,(H,18,20). The molecule has 20 heavy (non-hydrogen) atoms. The molecule has 0 saturated carbocycles. The first-order valence-corrected chi connectivity index (χ1v) is 7.56. The Bertz CT molecular complexity index is 469. The molecule has 2 rings (SSSR count). The number of carbonyl (C=O) groups is 1. The number of carbonyl (C=O) groups excluding carboxylic acids is 1. The maximum absolute atomic E-state index is 12.2. The van der Waals surface area contributed by atoms with Crippen molar-refractivity contribution in [2.24, 2.45) is 0 Å². The normalized spacial score (nSPS) is 14.2. The number of rotatable bonds is 5. The lowest BCUT2D eigenvalue weighted by atomic mass is 10.0. The van der Waals surface area contributed by atoms with Crippen LogP contribution in [0.3, 0.4) is 0 Å². The van der Waals surface area contributed by atoms with Crippen LogP contribution in [0.5, 0.6) is 0 Å². The van der Waals surface area contributed by atoms with Gasteiger partial charge in [-0.05, 0) is 43.4 Å². The molecule has 4 nitrogen and oxygen atoms in total. The van der Waals surface area contributed by atoms with E-state index in [1.165, 1.54) is 5.56 Å². The zero-order valence-electron chi connectivity index (χ0n) is 12.5. The fourth-order valence-corrected chi connectivity index (χ4v) is 2.77. The highest BCUT2D eigenvalue weighted by molar-refractivity contribution is 5.82. The SMILES string of the molecule is CCC(CC)NC(=O)CN1CCCc2ccc(N)cc21. The van der Waals surface area contributed by atoms with Crippen LogP contribution < -0.4 is 16.0 Å². The second-order valence-electron chi connectivity index (χ2n) is 5.49. The van der Waals surface area contributed by atoms with Crippen LogP contribution in [0.1, 0.15) is 38.7 Å². The zero-order valence-corrected chi connectivity index (χ0v) is 12.5. The summed E-state index contributed by atoms with van der Waals surface area (Å²) < 4.78 is 0. The Morgan fingerprint density at radius 1 is 1.40 bits per heavy atom. The van der Waals surface area contributed by atoms with Crippen LogP contribution in [0, 0.1) is 0 Å². The molecule has 1 aromatic carbocycles. The lowest BCUT2D eigenvalue weighted by Gasteiger charge is -2.31. The van der Waals surface area contributed by atoms with Gasteiger partial charge in [0.2, 0.25) is 5.91 Å². The predicted molar refractivity (Wildman–Crippen MR) is 83.9 cm³/mol. The molecule has 0 fully saturated rings. The number of hydrogen-bond donors (Lipinski definition) is 2. The maximum atomic E-state index is 12.2. The van der Waals surface area contributed by atoms with Gasteiger partial charge in [0.15, 0.2) is 0 Å². The van der Waals surface area contributed by atoms with E-state index in [2.05, 4.69) is 30.1 Å². The second-order valence-corrected chi connectivity index (χ2v) is 5.49. The van der Waals surface area contributed by atoms with Crippen LogP contribution in [0.15, 0.2) is 18.2 Å². The van der Waals surface area contributed by atoms with Gasteiger partial charge in [0, 0.05) is 24.0 Å². The van der Waals surface area contributed by atoms with E-state index in [0.717, 1.165) is 43.6 Å². The smallest absolute Gasteiger partial charge is 0.239 e. The Hall–Kier alpha value is -1.71.